The molecule has 0 radical (unpaired) electrons. The van der Waals surface area contributed by atoms with Crippen LogP contribution in [-0.4, -0.2) is 43.3 Å². The lowest BCUT2D eigenvalue weighted by molar-refractivity contribution is -0.149. The molecular formula is C22H22N2O6. The molecule has 1 saturated heterocycles. The summed E-state index contributed by atoms with van der Waals surface area (Å²) in [4.78, 5) is 48.4. The largest absolute Gasteiger partial charge is 0.482 e. The van der Waals surface area contributed by atoms with Crippen molar-refractivity contribution < 1.29 is 28.7 Å². The topological polar surface area (TPSA) is 102 Å². The van der Waals surface area contributed by atoms with Crippen LogP contribution in [0.3, 0.4) is 0 Å². The molecule has 1 aliphatic heterocycles. The van der Waals surface area contributed by atoms with Gasteiger partial charge in [-0.05, 0) is 61.9 Å². The van der Waals surface area contributed by atoms with Gasteiger partial charge in [0.15, 0.2) is 19.0 Å². The first-order valence-electron chi connectivity index (χ1n) is 9.52. The Morgan fingerprint density at radius 3 is 2.30 bits per heavy atom. The molecule has 30 heavy (non-hydrogen) atoms. The third-order valence-corrected chi connectivity index (χ3v) is 4.52. The molecule has 1 N–H and O–H groups in total. The van der Waals surface area contributed by atoms with Crippen LogP contribution in [0.4, 0.5) is 11.4 Å². The third-order valence-electron chi connectivity index (χ3n) is 4.52. The maximum Gasteiger partial charge on any atom is 0.344 e. The maximum absolute atomic E-state index is 12.0. The van der Waals surface area contributed by atoms with Gasteiger partial charge in [-0.1, -0.05) is 0 Å². The third kappa shape index (κ3) is 5.66. The molecular weight excluding hydrogens is 388 g/mol. The highest BCUT2D eigenvalue weighted by molar-refractivity contribution is 5.96. The highest BCUT2D eigenvalue weighted by Crippen LogP contribution is 2.23. The Labute approximate surface area is 173 Å². The molecule has 1 heterocycles. The van der Waals surface area contributed by atoms with E-state index in [0.717, 1.165) is 12.1 Å². The van der Waals surface area contributed by atoms with Crippen LogP contribution in [0.25, 0.3) is 0 Å². The number of benzene rings is 2. The van der Waals surface area contributed by atoms with Gasteiger partial charge < -0.3 is 19.7 Å². The van der Waals surface area contributed by atoms with Crippen molar-refractivity contribution in [1.29, 1.82) is 0 Å². The van der Waals surface area contributed by atoms with E-state index in [1.54, 1.807) is 53.4 Å². The number of nitrogens with zero attached hydrogens (tertiary/aromatic N) is 1. The van der Waals surface area contributed by atoms with Crippen LogP contribution in [0.1, 0.15) is 30.1 Å². The summed E-state index contributed by atoms with van der Waals surface area (Å²) in [6, 6.07) is 13.3. The summed E-state index contributed by atoms with van der Waals surface area (Å²) in [6.45, 7) is 1.35. The van der Waals surface area contributed by atoms with Crippen LogP contribution in [0.5, 0.6) is 5.75 Å². The molecule has 0 saturated carbocycles. The van der Waals surface area contributed by atoms with E-state index < -0.39 is 18.5 Å². The lowest BCUT2D eigenvalue weighted by atomic mass is 10.1. The number of hydrogen-bond donors (Lipinski definition) is 1. The Morgan fingerprint density at radius 2 is 1.70 bits per heavy atom. The lowest BCUT2D eigenvalue weighted by Gasteiger charge is -2.16. The molecule has 0 spiro atoms. The van der Waals surface area contributed by atoms with Crippen molar-refractivity contribution in [2.75, 3.05) is 30.0 Å². The second-order valence-electron chi connectivity index (χ2n) is 6.77. The highest BCUT2D eigenvalue weighted by Gasteiger charge is 2.21. The summed E-state index contributed by atoms with van der Waals surface area (Å²) in [6.07, 6.45) is 1.40. The number of nitrogens with one attached hydrogen (secondary N) is 1. The number of esters is 1. The van der Waals surface area contributed by atoms with Gasteiger partial charge in [0.25, 0.3) is 5.91 Å². The molecule has 8 nitrogen and oxygen atoms in total. The summed E-state index contributed by atoms with van der Waals surface area (Å²) in [5.41, 5.74) is 1.87. The van der Waals surface area contributed by atoms with Gasteiger partial charge in [-0.3, -0.25) is 14.4 Å². The minimum Gasteiger partial charge on any atom is -0.482 e. The molecule has 1 aliphatic rings. The molecule has 0 unspecified atom stereocenters. The molecule has 156 valence electrons. The van der Waals surface area contributed by atoms with Gasteiger partial charge in [0.05, 0.1) is 0 Å². The second-order valence-corrected chi connectivity index (χ2v) is 6.77. The predicted molar refractivity (Wildman–Crippen MR) is 110 cm³/mol. The van der Waals surface area contributed by atoms with Crippen LogP contribution in [-0.2, 0) is 19.1 Å². The first-order chi connectivity index (χ1) is 14.4. The smallest absolute Gasteiger partial charge is 0.344 e. The summed E-state index contributed by atoms with van der Waals surface area (Å²) in [5, 5.41) is 2.62. The first kappa shape index (κ1) is 21.0. The van der Waals surface area contributed by atoms with E-state index in [1.807, 2.05) is 0 Å². The number of ketones is 1. The minimum atomic E-state index is -0.691. The second kappa shape index (κ2) is 9.69. The maximum atomic E-state index is 12.0. The number of hydrogen-bond acceptors (Lipinski definition) is 6. The lowest BCUT2D eigenvalue weighted by Crippen LogP contribution is -2.24. The quantitative estimate of drug-likeness (QED) is 0.530. The zero-order chi connectivity index (χ0) is 21.5. The van der Waals surface area contributed by atoms with E-state index in [4.69, 9.17) is 9.47 Å². The normalized spacial score (nSPS) is 13.1. The van der Waals surface area contributed by atoms with Crippen LogP contribution in [0.2, 0.25) is 0 Å². The van der Waals surface area contributed by atoms with Crippen molar-refractivity contribution in [2.45, 2.75) is 19.8 Å². The number of amides is 2. The zero-order valence-corrected chi connectivity index (χ0v) is 16.6. The van der Waals surface area contributed by atoms with E-state index in [1.165, 1.54) is 6.92 Å². The molecule has 0 aromatic heterocycles. The van der Waals surface area contributed by atoms with E-state index in [2.05, 4.69) is 5.32 Å². The van der Waals surface area contributed by atoms with Crippen LogP contribution >= 0.6 is 0 Å². The Balaban J connectivity index is 1.40. The van der Waals surface area contributed by atoms with Gasteiger partial charge in [0, 0.05) is 29.9 Å². The molecule has 0 aliphatic carbocycles. The average molecular weight is 410 g/mol. The molecule has 3 rings (SSSR count). The average Bonchev–Trinajstić information content (AvgIpc) is 3.17. The Hall–Kier alpha value is -3.68. The summed E-state index contributed by atoms with van der Waals surface area (Å²) in [7, 11) is 0. The fourth-order valence-electron chi connectivity index (χ4n) is 2.96. The van der Waals surface area contributed by atoms with Crippen molar-refractivity contribution >= 4 is 34.9 Å². The van der Waals surface area contributed by atoms with Gasteiger partial charge >= 0.3 is 5.97 Å². The monoisotopic (exact) mass is 410 g/mol. The number of carbonyl (C=O) groups excluding carboxylic acids is 4. The first-order valence-corrected chi connectivity index (χ1v) is 9.52. The fourth-order valence-corrected chi connectivity index (χ4v) is 2.96. The zero-order valence-electron chi connectivity index (χ0n) is 16.6. The van der Waals surface area contributed by atoms with Crippen molar-refractivity contribution in [3.8, 4) is 5.75 Å². The van der Waals surface area contributed by atoms with Crippen LogP contribution in [0, 0.1) is 0 Å². The SMILES string of the molecule is CC(=O)c1ccc(OCC(=O)OCC(=O)Nc2ccc(N3CCCC3=O)cc2)cc1. The van der Waals surface area contributed by atoms with Gasteiger partial charge in [0.1, 0.15) is 5.75 Å². The van der Waals surface area contributed by atoms with E-state index in [-0.39, 0.29) is 18.3 Å². The van der Waals surface area contributed by atoms with Crippen molar-refractivity contribution in [3.05, 3.63) is 54.1 Å². The fraction of sp³-hybridized carbons (Fsp3) is 0.273. The van der Waals surface area contributed by atoms with E-state index >= 15 is 0 Å². The van der Waals surface area contributed by atoms with E-state index in [9.17, 15) is 19.2 Å². The van der Waals surface area contributed by atoms with Crippen LogP contribution in [0.15, 0.2) is 48.5 Å². The number of Topliss-reactive ketones (excluding diaryl/α,β-unsaturated/α-hetero) is 1. The highest BCUT2D eigenvalue weighted by atomic mass is 16.6. The standard InChI is InChI=1S/C22H22N2O6/c1-15(25)16-4-10-19(11-5-16)29-14-22(28)30-13-20(26)23-17-6-8-18(9-7-17)24-12-2-3-21(24)27/h4-11H,2-3,12-14H2,1H3,(H,23,26). The summed E-state index contributed by atoms with van der Waals surface area (Å²) in [5.74, 6) is -0.734. The number of rotatable bonds is 8. The van der Waals surface area contributed by atoms with E-state index in [0.29, 0.717) is 30.0 Å². The summed E-state index contributed by atoms with van der Waals surface area (Å²) >= 11 is 0. The Kier molecular flexibility index (Phi) is 6.79. The Bertz CT molecular complexity index is 937. The van der Waals surface area contributed by atoms with Crippen LogP contribution < -0.4 is 15.0 Å². The number of ether oxygens (including phenoxy) is 2. The van der Waals surface area contributed by atoms with Crippen molar-refractivity contribution in [2.24, 2.45) is 0 Å². The minimum absolute atomic E-state index is 0.0638. The summed E-state index contributed by atoms with van der Waals surface area (Å²) < 4.78 is 10.2. The predicted octanol–water partition coefficient (Wildman–Crippen LogP) is 2.58. The van der Waals surface area contributed by atoms with Gasteiger partial charge in [-0.25, -0.2) is 4.79 Å². The van der Waals surface area contributed by atoms with Gasteiger partial charge in [0.2, 0.25) is 5.91 Å². The number of anilines is 2. The Morgan fingerprint density at radius 1 is 1.00 bits per heavy atom. The number of carbonyl (C=O) groups is 4. The molecule has 2 aromatic carbocycles. The van der Waals surface area contributed by atoms with Crippen molar-refractivity contribution in [3.63, 3.8) is 0 Å². The molecule has 0 bridgehead atoms. The molecule has 2 aromatic rings. The van der Waals surface area contributed by atoms with Gasteiger partial charge in [-0.15, -0.1) is 0 Å². The molecule has 8 heteroatoms. The molecule has 2 amide bonds. The van der Waals surface area contributed by atoms with Gasteiger partial charge in [-0.2, -0.15) is 0 Å². The molecule has 1 fully saturated rings. The van der Waals surface area contributed by atoms with Crippen molar-refractivity contribution in [1.82, 2.24) is 0 Å². The molecule has 0 atom stereocenters.